The standard InChI is InChI=1S/C20H19N5O3/c1-2-28-20(27)17-11-18(25(24-17)15-6-4-3-5-7-15)19(26)22-14-8-9-16-13(10-14)12-21-23-16/h3-10,12,18H,2,11H2,1H3,(H,21,23)(H,22,26)/t18-/m0/s1. The first-order chi connectivity index (χ1) is 13.7. The van der Waals surface area contributed by atoms with Gasteiger partial charge >= 0.3 is 5.97 Å². The van der Waals surface area contributed by atoms with E-state index < -0.39 is 12.0 Å². The van der Waals surface area contributed by atoms with Crippen molar-refractivity contribution in [2.45, 2.75) is 19.4 Å². The summed E-state index contributed by atoms with van der Waals surface area (Å²) in [7, 11) is 0. The number of ether oxygens (including phenoxy) is 1. The number of para-hydroxylation sites is 1. The molecule has 4 rings (SSSR count). The Morgan fingerprint density at radius 1 is 1.25 bits per heavy atom. The number of anilines is 2. The topological polar surface area (TPSA) is 99.7 Å². The number of carbonyl (C=O) groups excluding carboxylic acids is 2. The first-order valence-corrected chi connectivity index (χ1v) is 8.98. The van der Waals surface area contributed by atoms with Crippen LogP contribution in [-0.4, -0.2) is 40.4 Å². The second-order valence-electron chi connectivity index (χ2n) is 6.33. The lowest BCUT2D eigenvalue weighted by Crippen LogP contribution is -2.38. The number of hydrazone groups is 1. The van der Waals surface area contributed by atoms with E-state index in [0.717, 1.165) is 16.6 Å². The van der Waals surface area contributed by atoms with Crippen LogP contribution in [0.15, 0.2) is 59.8 Å². The van der Waals surface area contributed by atoms with Crippen LogP contribution in [0.1, 0.15) is 13.3 Å². The monoisotopic (exact) mass is 377 g/mol. The van der Waals surface area contributed by atoms with Crippen LogP contribution in [0.25, 0.3) is 10.9 Å². The van der Waals surface area contributed by atoms with Crippen LogP contribution in [0.4, 0.5) is 11.4 Å². The van der Waals surface area contributed by atoms with E-state index in [2.05, 4.69) is 20.6 Å². The highest BCUT2D eigenvalue weighted by atomic mass is 16.5. The molecular weight excluding hydrogens is 358 g/mol. The largest absolute Gasteiger partial charge is 0.461 e. The first-order valence-electron chi connectivity index (χ1n) is 8.98. The first kappa shape index (κ1) is 17.7. The van der Waals surface area contributed by atoms with Crippen LogP contribution in [0.3, 0.4) is 0 Å². The summed E-state index contributed by atoms with van der Waals surface area (Å²) >= 11 is 0. The zero-order valence-electron chi connectivity index (χ0n) is 15.3. The molecule has 0 fully saturated rings. The van der Waals surface area contributed by atoms with Gasteiger partial charge in [0.25, 0.3) is 0 Å². The predicted octanol–water partition coefficient (Wildman–Crippen LogP) is 2.70. The van der Waals surface area contributed by atoms with Gasteiger partial charge in [-0.3, -0.25) is 14.9 Å². The van der Waals surface area contributed by atoms with Crippen molar-refractivity contribution in [2.24, 2.45) is 5.10 Å². The molecule has 1 aliphatic rings. The van der Waals surface area contributed by atoms with Crippen molar-refractivity contribution in [3.63, 3.8) is 0 Å². The molecule has 0 saturated carbocycles. The number of hydrogen-bond donors (Lipinski definition) is 2. The molecule has 2 aromatic carbocycles. The molecule has 3 aromatic rings. The van der Waals surface area contributed by atoms with Gasteiger partial charge in [-0.15, -0.1) is 0 Å². The summed E-state index contributed by atoms with van der Waals surface area (Å²) in [6.07, 6.45) is 1.87. The van der Waals surface area contributed by atoms with Gasteiger partial charge in [0.05, 0.1) is 24.0 Å². The number of nitrogens with zero attached hydrogens (tertiary/aromatic N) is 3. The smallest absolute Gasteiger partial charge is 0.354 e. The molecule has 0 radical (unpaired) electrons. The molecule has 2 heterocycles. The van der Waals surface area contributed by atoms with E-state index in [4.69, 9.17) is 4.74 Å². The molecule has 1 aromatic heterocycles. The summed E-state index contributed by atoms with van der Waals surface area (Å²) in [5.74, 6) is -0.756. The molecule has 28 heavy (non-hydrogen) atoms. The normalized spacial score (nSPS) is 16.1. The maximum absolute atomic E-state index is 13.0. The van der Waals surface area contributed by atoms with Gasteiger partial charge < -0.3 is 10.1 Å². The Hall–Kier alpha value is -3.68. The molecule has 8 heteroatoms. The van der Waals surface area contributed by atoms with Gasteiger partial charge in [0, 0.05) is 17.5 Å². The van der Waals surface area contributed by atoms with E-state index in [0.29, 0.717) is 5.69 Å². The van der Waals surface area contributed by atoms with Gasteiger partial charge in [0.2, 0.25) is 5.91 Å². The van der Waals surface area contributed by atoms with Crippen LogP contribution in [0, 0.1) is 0 Å². The minimum absolute atomic E-state index is 0.174. The number of esters is 1. The van der Waals surface area contributed by atoms with Gasteiger partial charge in [0.1, 0.15) is 11.8 Å². The number of aromatic amines is 1. The molecule has 1 aliphatic heterocycles. The van der Waals surface area contributed by atoms with Crippen molar-refractivity contribution in [1.29, 1.82) is 0 Å². The number of nitrogens with one attached hydrogen (secondary N) is 2. The number of amides is 1. The molecule has 0 spiro atoms. The highest BCUT2D eigenvalue weighted by molar-refractivity contribution is 6.38. The number of carbonyl (C=O) groups is 2. The van der Waals surface area contributed by atoms with E-state index in [1.807, 2.05) is 42.5 Å². The van der Waals surface area contributed by atoms with Crippen molar-refractivity contribution in [3.8, 4) is 0 Å². The van der Waals surface area contributed by atoms with Crippen molar-refractivity contribution in [1.82, 2.24) is 10.2 Å². The maximum Gasteiger partial charge on any atom is 0.354 e. The maximum atomic E-state index is 13.0. The Morgan fingerprint density at radius 2 is 2.07 bits per heavy atom. The number of rotatable bonds is 5. The summed E-state index contributed by atoms with van der Waals surface area (Å²) in [5.41, 5.74) is 2.50. The minimum atomic E-state index is -0.651. The van der Waals surface area contributed by atoms with Crippen molar-refractivity contribution < 1.29 is 14.3 Å². The van der Waals surface area contributed by atoms with E-state index >= 15 is 0 Å². The zero-order valence-corrected chi connectivity index (χ0v) is 15.3. The van der Waals surface area contributed by atoms with Gasteiger partial charge in [-0.2, -0.15) is 10.2 Å². The summed E-state index contributed by atoms with van der Waals surface area (Å²) in [5, 5.41) is 16.6. The second-order valence-corrected chi connectivity index (χ2v) is 6.33. The van der Waals surface area contributed by atoms with E-state index in [-0.39, 0.29) is 24.6 Å². The van der Waals surface area contributed by atoms with Gasteiger partial charge in [0.15, 0.2) is 0 Å². The third-order valence-corrected chi connectivity index (χ3v) is 4.45. The van der Waals surface area contributed by atoms with Gasteiger partial charge in [-0.1, -0.05) is 18.2 Å². The quantitative estimate of drug-likeness (QED) is 0.666. The van der Waals surface area contributed by atoms with Crippen LogP contribution >= 0.6 is 0 Å². The zero-order chi connectivity index (χ0) is 19.5. The summed E-state index contributed by atoms with van der Waals surface area (Å²) in [4.78, 5) is 25.1. The Balaban J connectivity index is 1.58. The average molecular weight is 377 g/mol. The molecule has 8 nitrogen and oxygen atoms in total. The van der Waals surface area contributed by atoms with Crippen LogP contribution in [0.5, 0.6) is 0 Å². The van der Waals surface area contributed by atoms with E-state index in [1.165, 1.54) is 0 Å². The van der Waals surface area contributed by atoms with Gasteiger partial charge in [-0.05, 0) is 37.3 Å². The van der Waals surface area contributed by atoms with Crippen molar-refractivity contribution >= 4 is 39.9 Å². The lowest BCUT2D eigenvalue weighted by atomic mass is 10.1. The third-order valence-electron chi connectivity index (χ3n) is 4.45. The third kappa shape index (κ3) is 3.44. The summed E-state index contributed by atoms with van der Waals surface area (Å²) in [6.45, 7) is 1.99. The summed E-state index contributed by atoms with van der Waals surface area (Å²) in [6, 6.07) is 14.1. The highest BCUT2D eigenvalue weighted by Gasteiger charge is 2.36. The fourth-order valence-corrected chi connectivity index (χ4v) is 3.12. The number of H-pyrrole nitrogens is 1. The fourth-order valence-electron chi connectivity index (χ4n) is 3.12. The Labute approximate surface area is 161 Å². The Morgan fingerprint density at radius 3 is 2.86 bits per heavy atom. The highest BCUT2D eigenvalue weighted by Crippen LogP contribution is 2.26. The fraction of sp³-hybridized carbons (Fsp3) is 0.200. The molecule has 0 aliphatic carbocycles. The molecule has 0 saturated heterocycles. The number of fused-ring (bicyclic) bond motifs is 1. The number of hydrogen-bond acceptors (Lipinski definition) is 6. The Bertz CT molecular complexity index is 1040. The lowest BCUT2D eigenvalue weighted by molar-refractivity contribution is -0.135. The van der Waals surface area contributed by atoms with Crippen LogP contribution < -0.4 is 10.3 Å². The molecular formula is C20H19N5O3. The molecule has 1 atom stereocenters. The Kier molecular flexibility index (Phi) is 4.76. The number of benzene rings is 2. The number of aromatic nitrogens is 2. The average Bonchev–Trinajstić information content (AvgIpc) is 3.36. The van der Waals surface area contributed by atoms with Crippen LogP contribution in [0.2, 0.25) is 0 Å². The van der Waals surface area contributed by atoms with Crippen molar-refractivity contribution in [3.05, 3.63) is 54.7 Å². The molecule has 0 bridgehead atoms. The summed E-state index contributed by atoms with van der Waals surface area (Å²) < 4.78 is 5.06. The van der Waals surface area contributed by atoms with Gasteiger partial charge in [-0.25, -0.2) is 4.79 Å². The van der Waals surface area contributed by atoms with Crippen molar-refractivity contribution in [2.75, 3.05) is 16.9 Å². The molecule has 2 N–H and O–H groups in total. The molecule has 142 valence electrons. The molecule has 1 amide bonds. The van der Waals surface area contributed by atoms with E-state index in [9.17, 15) is 9.59 Å². The SMILES string of the molecule is CCOC(=O)C1=NN(c2ccccc2)[C@H](C(=O)Nc2ccc3[nH]ncc3c2)C1. The second kappa shape index (κ2) is 7.51. The van der Waals surface area contributed by atoms with Crippen LogP contribution in [-0.2, 0) is 14.3 Å². The van der Waals surface area contributed by atoms with E-state index in [1.54, 1.807) is 24.2 Å². The molecule has 0 unspecified atom stereocenters. The predicted molar refractivity (Wildman–Crippen MR) is 106 cm³/mol. The minimum Gasteiger partial charge on any atom is -0.461 e. The lowest BCUT2D eigenvalue weighted by Gasteiger charge is -2.22.